The second kappa shape index (κ2) is 5.73. The van der Waals surface area contributed by atoms with Crippen LogP contribution in [0, 0.1) is 5.92 Å². The third-order valence-electron chi connectivity index (χ3n) is 3.23. The number of rotatable bonds is 3. The van der Waals surface area contributed by atoms with E-state index in [9.17, 15) is 9.59 Å². The van der Waals surface area contributed by atoms with Crippen LogP contribution in [0.25, 0.3) is 0 Å². The van der Waals surface area contributed by atoms with Crippen LogP contribution in [-0.4, -0.2) is 34.7 Å². The zero-order valence-electron chi connectivity index (χ0n) is 10.8. The summed E-state index contributed by atoms with van der Waals surface area (Å²) < 4.78 is 5.16. The Labute approximate surface area is 111 Å². The molecule has 1 aromatic rings. The first-order chi connectivity index (χ1) is 9.08. The molecule has 1 saturated heterocycles. The van der Waals surface area contributed by atoms with Crippen molar-refractivity contribution in [3.63, 3.8) is 0 Å². The van der Waals surface area contributed by atoms with E-state index in [-0.39, 0.29) is 12.5 Å². The van der Waals surface area contributed by atoms with Crippen LogP contribution < -0.4 is 0 Å². The van der Waals surface area contributed by atoms with Crippen LogP contribution in [-0.2, 0) is 16.1 Å². The number of hydrogen-bond acceptors (Lipinski definition) is 3. The number of hydrogen-bond donors (Lipinski definition) is 1. The van der Waals surface area contributed by atoms with Crippen molar-refractivity contribution in [2.75, 3.05) is 6.54 Å². The van der Waals surface area contributed by atoms with Crippen LogP contribution in [0.4, 0.5) is 4.79 Å². The van der Waals surface area contributed by atoms with E-state index in [1.54, 1.807) is 0 Å². The predicted octanol–water partition coefficient (Wildman–Crippen LogP) is 2.12. The van der Waals surface area contributed by atoms with E-state index in [1.165, 1.54) is 4.90 Å². The lowest BCUT2D eigenvalue weighted by Gasteiger charge is -2.20. The monoisotopic (exact) mass is 263 g/mol. The zero-order valence-corrected chi connectivity index (χ0v) is 10.8. The number of aliphatic carboxylic acids is 1. The van der Waals surface area contributed by atoms with Crippen molar-refractivity contribution in [1.82, 2.24) is 4.90 Å². The van der Waals surface area contributed by atoms with Crippen LogP contribution in [0.15, 0.2) is 30.3 Å². The molecule has 5 nitrogen and oxygen atoms in total. The fourth-order valence-corrected chi connectivity index (χ4v) is 2.28. The van der Waals surface area contributed by atoms with E-state index in [0.717, 1.165) is 5.56 Å². The molecule has 1 amide bonds. The first kappa shape index (κ1) is 13.4. The van der Waals surface area contributed by atoms with Gasteiger partial charge >= 0.3 is 12.1 Å². The molecule has 102 valence electrons. The molecule has 2 atom stereocenters. The summed E-state index contributed by atoms with van der Waals surface area (Å²) in [5, 5.41) is 9.09. The SMILES string of the molecule is C[C@@H]1C[C@@H](C(=O)O)N(C(=O)OCc2ccccc2)C1. The lowest BCUT2D eigenvalue weighted by Crippen LogP contribution is -2.40. The van der Waals surface area contributed by atoms with Gasteiger partial charge in [0, 0.05) is 6.54 Å². The average Bonchev–Trinajstić information content (AvgIpc) is 2.79. The predicted molar refractivity (Wildman–Crippen MR) is 68.5 cm³/mol. The smallest absolute Gasteiger partial charge is 0.410 e. The van der Waals surface area contributed by atoms with Gasteiger partial charge in [-0.05, 0) is 17.9 Å². The molecular formula is C14H17NO4. The van der Waals surface area contributed by atoms with E-state index in [4.69, 9.17) is 9.84 Å². The summed E-state index contributed by atoms with van der Waals surface area (Å²) in [4.78, 5) is 24.3. The van der Waals surface area contributed by atoms with E-state index >= 15 is 0 Å². The highest BCUT2D eigenvalue weighted by Gasteiger charge is 2.38. The van der Waals surface area contributed by atoms with Crippen molar-refractivity contribution in [3.8, 4) is 0 Å². The highest BCUT2D eigenvalue weighted by Crippen LogP contribution is 2.24. The summed E-state index contributed by atoms with van der Waals surface area (Å²) >= 11 is 0. The van der Waals surface area contributed by atoms with Gasteiger partial charge in [0.25, 0.3) is 0 Å². The molecule has 1 aliphatic rings. The molecule has 1 aromatic carbocycles. The molecule has 1 fully saturated rings. The summed E-state index contributed by atoms with van der Waals surface area (Å²) in [6.07, 6.45) is -0.0731. The van der Waals surface area contributed by atoms with Crippen molar-refractivity contribution >= 4 is 12.1 Å². The lowest BCUT2D eigenvalue weighted by atomic mass is 10.1. The highest BCUT2D eigenvalue weighted by atomic mass is 16.6. The lowest BCUT2D eigenvalue weighted by molar-refractivity contribution is -0.141. The summed E-state index contributed by atoms with van der Waals surface area (Å²) in [7, 11) is 0. The number of likely N-dealkylation sites (tertiary alicyclic amines) is 1. The molecule has 0 aromatic heterocycles. The highest BCUT2D eigenvalue weighted by molar-refractivity contribution is 5.80. The van der Waals surface area contributed by atoms with Crippen LogP contribution in [0.2, 0.25) is 0 Å². The quantitative estimate of drug-likeness (QED) is 0.907. The van der Waals surface area contributed by atoms with Gasteiger partial charge in [0.2, 0.25) is 0 Å². The van der Waals surface area contributed by atoms with Gasteiger partial charge in [-0.2, -0.15) is 0 Å². The standard InChI is InChI=1S/C14H17NO4/c1-10-7-12(13(16)17)15(8-10)14(18)19-9-11-5-3-2-4-6-11/h2-6,10,12H,7-9H2,1H3,(H,16,17)/t10-,12+/m1/s1. The zero-order chi connectivity index (χ0) is 13.8. The van der Waals surface area contributed by atoms with Crippen LogP contribution in [0.1, 0.15) is 18.9 Å². The maximum atomic E-state index is 11.9. The maximum absolute atomic E-state index is 11.9. The summed E-state index contributed by atoms with van der Waals surface area (Å²) in [5.74, 6) is -0.786. The normalized spacial score (nSPS) is 22.3. The van der Waals surface area contributed by atoms with Crippen LogP contribution in [0.5, 0.6) is 0 Å². The average molecular weight is 263 g/mol. The Kier molecular flexibility index (Phi) is 4.04. The van der Waals surface area contributed by atoms with Gasteiger partial charge < -0.3 is 9.84 Å². The van der Waals surface area contributed by atoms with Crippen molar-refractivity contribution in [3.05, 3.63) is 35.9 Å². The molecular weight excluding hydrogens is 246 g/mol. The third kappa shape index (κ3) is 3.24. The fourth-order valence-electron chi connectivity index (χ4n) is 2.28. The Morgan fingerprint density at radius 1 is 1.37 bits per heavy atom. The second-order valence-electron chi connectivity index (χ2n) is 4.89. The number of amides is 1. The van der Waals surface area contributed by atoms with Gasteiger partial charge in [-0.3, -0.25) is 4.90 Å². The number of carbonyl (C=O) groups excluding carboxylic acids is 1. The summed E-state index contributed by atoms with van der Waals surface area (Å²) in [5.41, 5.74) is 0.884. The Bertz CT molecular complexity index is 460. The van der Waals surface area contributed by atoms with Gasteiger partial charge in [-0.25, -0.2) is 9.59 Å². The molecule has 0 spiro atoms. The van der Waals surface area contributed by atoms with Crippen molar-refractivity contribution in [2.45, 2.75) is 26.0 Å². The number of carboxylic acid groups (broad SMARTS) is 1. The Balaban J connectivity index is 1.94. The van der Waals surface area contributed by atoms with Crippen LogP contribution >= 0.6 is 0 Å². The first-order valence-corrected chi connectivity index (χ1v) is 6.28. The minimum Gasteiger partial charge on any atom is -0.480 e. The molecule has 0 radical (unpaired) electrons. The number of nitrogens with zero attached hydrogens (tertiary/aromatic N) is 1. The number of ether oxygens (including phenoxy) is 1. The molecule has 1 heterocycles. The van der Waals surface area contributed by atoms with Gasteiger partial charge in [0.1, 0.15) is 12.6 Å². The molecule has 0 bridgehead atoms. The number of carbonyl (C=O) groups is 2. The molecule has 5 heteroatoms. The summed E-state index contributed by atoms with van der Waals surface area (Å²) in [6.45, 7) is 2.53. The molecule has 2 rings (SSSR count). The third-order valence-corrected chi connectivity index (χ3v) is 3.23. The molecule has 1 aliphatic heterocycles. The van der Waals surface area contributed by atoms with E-state index < -0.39 is 18.1 Å². The van der Waals surface area contributed by atoms with E-state index in [2.05, 4.69) is 0 Å². The molecule has 0 saturated carbocycles. The summed E-state index contributed by atoms with van der Waals surface area (Å²) in [6, 6.07) is 8.55. The second-order valence-corrected chi connectivity index (χ2v) is 4.89. The number of benzene rings is 1. The maximum Gasteiger partial charge on any atom is 0.410 e. The van der Waals surface area contributed by atoms with Crippen molar-refractivity contribution < 1.29 is 19.4 Å². The largest absolute Gasteiger partial charge is 0.480 e. The number of carboxylic acids is 1. The van der Waals surface area contributed by atoms with Gasteiger partial charge in [-0.1, -0.05) is 37.3 Å². The van der Waals surface area contributed by atoms with Crippen molar-refractivity contribution in [1.29, 1.82) is 0 Å². The minimum atomic E-state index is -0.971. The molecule has 0 aliphatic carbocycles. The Hall–Kier alpha value is -2.04. The van der Waals surface area contributed by atoms with Gasteiger partial charge in [-0.15, -0.1) is 0 Å². The first-order valence-electron chi connectivity index (χ1n) is 6.28. The fraction of sp³-hybridized carbons (Fsp3) is 0.429. The van der Waals surface area contributed by atoms with Gasteiger partial charge in [0.15, 0.2) is 0 Å². The molecule has 1 N–H and O–H groups in total. The Morgan fingerprint density at radius 2 is 2.05 bits per heavy atom. The van der Waals surface area contributed by atoms with E-state index in [0.29, 0.717) is 13.0 Å². The topological polar surface area (TPSA) is 66.8 Å². The minimum absolute atomic E-state index is 0.164. The van der Waals surface area contributed by atoms with Crippen molar-refractivity contribution in [2.24, 2.45) is 5.92 Å². The van der Waals surface area contributed by atoms with Gasteiger partial charge in [0.05, 0.1) is 0 Å². The van der Waals surface area contributed by atoms with Crippen LogP contribution in [0.3, 0.4) is 0 Å². The molecule has 0 unspecified atom stereocenters. The van der Waals surface area contributed by atoms with E-state index in [1.807, 2.05) is 37.3 Å². The Morgan fingerprint density at radius 3 is 2.68 bits per heavy atom. The molecule has 19 heavy (non-hydrogen) atoms.